The summed E-state index contributed by atoms with van der Waals surface area (Å²) in [5, 5.41) is 6.56. The van der Waals surface area contributed by atoms with Gasteiger partial charge in [-0.1, -0.05) is 13.8 Å². The smallest absolute Gasteiger partial charge is 0.125 e. The van der Waals surface area contributed by atoms with E-state index in [-0.39, 0.29) is 0 Å². The quantitative estimate of drug-likeness (QED) is 0.920. The summed E-state index contributed by atoms with van der Waals surface area (Å²) in [7, 11) is 1.88. The largest absolute Gasteiger partial charge is 0.384 e. The predicted octanol–water partition coefficient (Wildman–Crippen LogP) is 3.62. The summed E-state index contributed by atoms with van der Waals surface area (Å²) in [5.41, 5.74) is 8.18. The van der Waals surface area contributed by atoms with Crippen LogP contribution in [0.3, 0.4) is 0 Å². The number of hydrogen-bond acceptors (Lipinski definition) is 3. The van der Waals surface area contributed by atoms with Gasteiger partial charge in [0.25, 0.3) is 0 Å². The molecule has 2 aromatic heterocycles. The number of nitrogens with zero attached hydrogens (tertiary/aromatic N) is 2. The van der Waals surface area contributed by atoms with E-state index in [4.69, 9.17) is 5.73 Å². The summed E-state index contributed by atoms with van der Waals surface area (Å²) in [6.07, 6.45) is 0. The molecule has 16 heavy (non-hydrogen) atoms. The fraction of sp³-hybridized carbons (Fsp3) is 0.364. The molecule has 2 aromatic rings. The number of nitrogens with two attached hydrogens (primary N) is 1. The van der Waals surface area contributed by atoms with Crippen molar-refractivity contribution in [3.63, 3.8) is 0 Å². The van der Waals surface area contributed by atoms with Gasteiger partial charge in [-0.15, -0.1) is 11.3 Å². The van der Waals surface area contributed by atoms with Gasteiger partial charge in [0, 0.05) is 17.1 Å². The third kappa shape index (κ3) is 1.78. The monoisotopic (exact) mass is 299 g/mol. The summed E-state index contributed by atoms with van der Waals surface area (Å²) in [5.74, 6) is 1.13. The molecule has 0 spiro atoms. The van der Waals surface area contributed by atoms with Crippen LogP contribution in [0.1, 0.15) is 25.3 Å². The van der Waals surface area contributed by atoms with Gasteiger partial charge in [0.05, 0.1) is 4.88 Å². The molecular weight excluding hydrogens is 286 g/mol. The molecule has 0 aliphatic carbocycles. The number of nitrogen functional groups attached to an aromatic ring is 1. The second kappa shape index (κ2) is 4.22. The van der Waals surface area contributed by atoms with E-state index in [1.54, 1.807) is 16.0 Å². The average Bonchev–Trinajstić information content (AvgIpc) is 2.72. The van der Waals surface area contributed by atoms with Crippen LogP contribution < -0.4 is 5.73 Å². The molecule has 2 N–H and O–H groups in total. The maximum atomic E-state index is 6.05. The molecule has 0 amide bonds. The van der Waals surface area contributed by atoms with Crippen molar-refractivity contribution in [2.75, 3.05) is 5.73 Å². The van der Waals surface area contributed by atoms with Gasteiger partial charge in [-0.25, -0.2) is 0 Å². The van der Waals surface area contributed by atoms with Crippen LogP contribution in [0.2, 0.25) is 0 Å². The topological polar surface area (TPSA) is 43.8 Å². The van der Waals surface area contributed by atoms with Crippen LogP contribution in [-0.4, -0.2) is 9.78 Å². The van der Waals surface area contributed by atoms with Gasteiger partial charge in [-0.3, -0.25) is 4.68 Å². The Labute approximate surface area is 107 Å². The Morgan fingerprint density at radius 1 is 1.50 bits per heavy atom. The molecule has 0 aliphatic rings. The van der Waals surface area contributed by atoms with Crippen molar-refractivity contribution in [3.05, 3.63) is 21.5 Å². The van der Waals surface area contributed by atoms with Gasteiger partial charge in [0.1, 0.15) is 11.5 Å². The van der Waals surface area contributed by atoms with E-state index >= 15 is 0 Å². The third-order valence-electron chi connectivity index (χ3n) is 2.54. The molecule has 0 bridgehead atoms. The van der Waals surface area contributed by atoms with Gasteiger partial charge in [-0.2, -0.15) is 5.10 Å². The minimum Gasteiger partial charge on any atom is -0.384 e. The van der Waals surface area contributed by atoms with Crippen LogP contribution in [0.15, 0.2) is 15.9 Å². The SMILES string of the molecule is CC(C)c1c(-c2sccc2Br)nn(C)c1N. The molecule has 0 fully saturated rings. The van der Waals surface area contributed by atoms with Gasteiger partial charge in [-0.05, 0) is 33.3 Å². The maximum Gasteiger partial charge on any atom is 0.125 e. The molecule has 0 saturated heterocycles. The Bertz CT molecular complexity index is 513. The number of halogens is 1. The zero-order valence-corrected chi connectivity index (χ0v) is 11.9. The molecule has 0 aromatic carbocycles. The minimum absolute atomic E-state index is 0.373. The third-order valence-corrected chi connectivity index (χ3v) is 4.38. The van der Waals surface area contributed by atoms with Gasteiger partial charge < -0.3 is 5.73 Å². The lowest BCUT2D eigenvalue weighted by molar-refractivity contribution is 0.780. The Hall–Kier alpha value is -0.810. The molecule has 2 heterocycles. The van der Waals surface area contributed by atoms with Crippen molar-refractivity contribution in [2.45, 2.75) is 19.8 Å². The molecule has 0 aliphatic heterocycles. The van der Waals surface area contributed by atoms with E-state index in [9.17, 15) is 0 Å². The maximum absolute atomic E-state index is 6.05. The fourth-order valence-corrected chi connectivity index (χ4v) is 3.31. The summed E-state index contributed by atoms with van der Waals surface area (Å²) in [6, 6.07) is 2.04. The van der Waals surface area contributed by atoms with Crippen LogP contribution in [-0.2, 0) is 7.05 Å². The fourth-order valence-electron chi connectivity index (χ4n) is 1.75. The molecule has 5 heteroatoms. The molecule has 3 nitrogen and oxygen atoms in total. The molecule has 0 radical (unpaired) electrons. The average molecular weight is 300 g/mol. The lowest BCUT2D eigenvalue weighted by Crippen LogP contribution is -2.00. The Balaban J connectivity index is 2.66. The van der Waals surface area contributed by atoms with Gasteiger partial charge in [0.15, 0.2) is 0 Å². The highest BCUT2D eigenvalue weighted by atomic mass is 79.9. The highest BCUT2D eigenvalue weighted by Gasteiger charge is 2.20. The number of rotatable bonds is 2. The molecule has 2 rings (SSSR count). The van der Waals surface area contributed by atoms with Gasteiger partial charge in [0.2, 0.25) is 0 Å². The van der Waals surface area contributed by atoms with Crippen molar-refractivity contribution in [3.8, 4) is 10.6 Å². The number of hydrogen-bond donors (Lipinski definition) is 1. The first kappa shape index (κ1) is 11.7. The highest BCUT2D eigenvalue weighted by molar-refractivity contribution is 9.10. The van der Waals surface area contributed by atoms with E-state index in [0.29, 0.717) is 5.92 Å². The van der Waals surface area contributed by atoms with E-state index in [1.165, 1.54) is 0 Å². The number of thiophene rings is 1. The first-order valence-corrected chi connectivity index (χ1v) is 6.75. The first-order chi connectivity index (χ1) is 7.52. The van der Waals surface area contributed by atoms with Crippen molar-refractivity contribution in [1.29, 1.82) is 0 Å². The number of aromatic nitrogens is 2. The number of anilines is 1. The Morgan fingerprint density at radius 3 is 2.69 bits per heavy atom. The van der Waals surface area contributed by atoms with Crippen LogP contribution in [0, 0.1) is 0 Å². The molecule has 0 unspecified atom stereocenters. The normalized spacial score (nSPS) is 11.3. The molecule has 0 atom stereocenters. The summed E-state index contributed by atoms with van der Waals surface area (Å²) in [4.78, 5) is 1.15. The molecular formula is C11H14BrN3S. The second-order valence-corrected chi connectivity index (χ2v) is 5.79. The molecule has 86 valence electrons. The lowest BCUT2D eigenvalue weighted by Gasteiger charge is -2.06. The van der Waals surface area contributed by atoms with Crippen LogP contribution in [0.25, 0.3) is 10.6 Å². The van der Waals surface area contributed by atoms with Crippen LogP contribution in [0.5, 0.6) is 0 Å². The lowest BCUT2D eigenvalue weighted by atomic mass is 10.0. The van der Waals surface area contributed by atoms with E-state index in [1.807, 2.05) is 18.5 Å². The van der Waals surface area contributed by atoms with Crippen LogP contribution in [0.4, 0.5) is 5.82 Å². The van der Waals surface area contributed by atoms with Crippen LogP contribution >= 0.6 is 27.3 Å². The minimum atomic E-state index is 0.373. The zero-order chi connectivity index (χ0) is 11.9. The van der Waals surface area contributed by atoms with Gasteiger partial charge >= 0.3 is 0 Å². The summed E-state index contributed by atoms with van der Waals surface area (Å²) >= 11 is 5.22. The van der Waals surface area contributed by atoms with E-state index in [2.05, 4.69) is 34.9 Å². The number of aryl methyl sites for hydroxylation is 1. The van der Waals surface area contributed by atoms with Crippen molar-refractivity contribution in [1.82, 2.24) is 9.78 Å². The highest BCUT2D eigenvalue weighted by Crippen LogP contribution is 2.39. The molecule has 0 saturated carbocycles. The standard InChI is InChI=1S/C11H14BrN3S/c1-6(2)8-9(14-15(3)11(8)13)10-7(12)4-5-16-10/h4-6H,13H2,1-3H3. The summed E-state index contributed by atoms with van der Waals surface area (Å²) in [6.45, 7) is 4.27. The summed E-state index contributed by atoms with van der Waals surface area (Å²) < 4.78 is 2.83. The predicted molar refractivity (Wildman–Crippen MR) is 72.7 cm³/mol. The first-order valence-electron chi connectivity index (χ1n) is 5.08. The van der Waals surface area contributed by atoms with Crippen molar-refractivity contribution < 1.29 is 0 Å². The van der Waals surface area contributed by atoms with E-state index < -0.39 is 0 Å². The van der Waals surface area contributed by atoms with Crippen molar-refractivity contribution in [2.24, 2.45) is 7.05 Å². The Morgan fingerprint density at radius 2 is 2.19 bits per heavy atom. The van der Waals surface area contributed by atoms with Crippen molar-refractivity contribution >= 4 is 33.1 Å². The zero-order valence-electron chi connectivity index (χ0n) is 9.49. The van der Waals surface area contributed by atoms with E-state index in [0.717, 1.165) is 26.4 Å². The second-order valence-electron chi connectivity index (χ2n) is 4.02. The Kier molecular flexibility index (Phi) is 3.08.